The smallest absolute Gasteiger partial charge is 0.183 e. The predicted molar refractivity (Wildman–Crippen MR) is 47.0 cm³/mol. The van der Waals surface area contributed by atoms with E-state index in [4.69, 9.17) is 4.74 Å². The van der Waals surface area contributed by atoms with Crippen LogP contribution in [0, 0.1) is 5.92 Å². The maximum Gasteiger partial charge on any atom is 0.183 e. The number of ether oxygens (including phenoxy) is 1. The molecule has 0 aromatic carbocycles. The van der Waals surface area contributed by atoms with Crippen molar-refractivity contribution < 1.29 is 20.1 Å². The van der Waals surface area contributed by atoms with E-state index < -0.39 is 18.5 Å². The van der Waals surface area contributed by atoms with E-state index in [1.807, 2.05) is 13.8 Å². The largest absolute Gasteiger partial charge is 0.390 e. The second-order valence-electron chi connectivity index (χ2n) is 4.07. The second kappa shape index (κ2) is 4.37. The highest BCUT2D eigenvalue weighted by Crippen LogP contribution is 2.23. The van der Waals surface area contributed by atoms with Gasteiger partial charge in [0.1, 0.15) is 6.10 Å². The van der Waals surface area contributed by atoms with Crippen LogP contribution in [0.5, 0.6) is 0 Å². The fourth-order valence-corrected chi connectivity index (χ4v) is 1.61. The monoisotopic (exact) mass is 190 g/mol. The lowest BCUT2D eigenvalue weighted by Gasteiger charge is -2.35. The molecule has 0 spiro atoms. The molecule has 0 radical (unpaired) electrons. The van der Waals surface area contributed by atoms with Gasteiger partial charge in [-0.05, 0) is 12.3 Å². The first-order chi connectivity index (χ1) is 6.00. The molecule has 1 rings (SSSR count). The van der Waals surface area contributed by atoms with Crippen LogP contribution in [0.2, 0.25) is 0 Å². The molecule has 1 aliphatic heterocycles. The van der Waals surface area contributed by atoms with Gasteiger partial charge in [0.25, 0.3) is 0 Å². The quantitative estimate of drug-likeness (QED) is 0.567. The van der Waals surface area contributed by atoms with Gasteiger partial charge in [-0.25, -0.2) is 0 Å². The number of hydrogen-bond acceptors (Lipinski definition) is 4. The summed E-state index contributed by atoms with van der Waals surface area (Å²) in [4.78, 5) is 0. The van der Waals surface area contributed by atoms with Crippen molar-refractivity contribution in [1.29, 1.82) is 0 Å². The van der Waals surface area contributed by atoms with Crippen molar-refractivity contribution in [2.24, 2.45) is 5.92 Å². The zero-order valence-electron chi connectivity index (χ0n) is 8.05. The summed E-state index contributed by atoms with van der Waals surface area (Å²) in [5, 5.41) is 27.7. The van der Waals surface area contributed by atoms with E-state index in [9.17, 15) is 15.3 Å². The van der Waals surface area contributed by atoms with Gasteiger partial charge in [-0.3, -0.25) is 0 Å². The Morgan fingerprint density at radius 1 is 1.31 bits per heavy atom. The third-order valence-corrected chi connectivity index (χ3v) is 2.26. The molecule has 0 saturated carbocycles. The summed E-state index contributed by atoms with van der Waals surface area (Å²) in [7, 11) is 0. The van der Waals surface area contributed by atoms with Crippen molar-refractivity contribution >= 4 is 0 Å². The summed E-state index contributed by atoms with van der Waals surface area (Å²) >= 11 is 0. The van der Waals surface area contributed by atoms with E-state index in [0.29, 0.717) is 12.3 Å². The lowest BCUT2D eigenvalue weighted by Crippen LogP contribution is -2.48. The van der Waals surface area contributed by atoms with Crippen LogP contribution >= 0.6 is 0 Å². The molecule has 1 aliphatic rings. The summed E-state index contributed by atoms with van der Waals surface area (Å²) in [5.74, 6) is 0.458. The average Bonchev–Trinajstić information content (AvgIpc) is 1.98. The van der Waals surface area contributed by atoms with Crippen LogP contribution in [-0.2, 0) is 4.74 Å². The topological polar surface area (TPSA) is 69.9 Å². The van der Waals surface area contributed by atoms with Crippen molar-refractivity contribution in [1.82, 2.24) is 0 Å². The second-order valence-corrected chi connectivity index (χ2v) is 4.07. The highest BCUT2D eigenvalue weighted by Gasteiger charge is 2.35. The Labute approximate surface area is 78.1 Å². The van der Waals surface area contributed by atoms with Gasteiger partial charge in [0.2, 0.25) is 0 Å². The molecule has 1 heterocycles. The summed E-state index contributed by atoms with van der Waals surface area (Å²) < 4.78 is 5.13. The SMILES string of the molecule is CC(C)C[C@@H]1C[C@@H](O)[C@@H](O)C(O)O1. The average molecular weight is 190 g/mol. The summed E-state index contributed by atoms with van der Waals surface area (Å²) in [6, 6.07) is 0. The van der Waals surface area contributed by atoms with Crippen LogP contribution < -0.4 is 0 Å². The maximum atomic E-state index is 9.34. The van der Waals surface area contributed by atoms with Crippen LogP contribution in [0.4, 0.5) is 0 Å². The molecular weight excluding hydrogens is 172 g/mol. The highest BCUT2D eigenvalue weighted by molar-refractivity contribution is 4.80. The molecule has 0 amide bonds. The van der Waals surface area contributed by atoms with E-state index in [1.165, 1.54) is 0 Å². The first-order valence-electron chi connectivity index (χ1n) is 4.70. The zero-order chi connectivity index (χ0) is 10.0. The number of rotatable bonds is 2. The highest BCUT2D eigenvalue weighted by atomic mass is 16.6. The number of aliphatic hydroxyl groups excluding tert-OH is 3. The molecule has 1 fully saturated rings. The molecule has 0 aromatic rings. The van der Waals surface area contributed by atoms with Crippen LogP contribution in [0.25, 0.3) is 0 Å². The van der Waals surface area contributed by atoms with Crippen molar-refractivity contribution in [3.63, 3.8) is 0 Å². The molecular formula is C9H18O4. The Morgan fingerprint density at radius 2 is 1.92 bits per heavy atom. The Hall–Kier alpha value is -0.160. The van der Waals surface area contributed by atoms with Crippen LogP contribution in [0.1, 0.15) is 26.7 Å². The molecule has 0 bridgehead atoms. The van der Waals surface area contributed by atoms with Crippen LogP contribution in [-0.4, -0.2) is 39.9 Å². The standard InChI is InChI=1S/C9H18O4/c1-5(2)3-6-4-7(10)8(11)9(12)13-6/h5-12H,3-4H2,1-2H3/t6-,7-,8-,9?/m1/s1. The fourth-order valence-electron chi connectivity index (χ4n) is 1.61. The first-order valence-corrected chi connectivity index (χ1v) is 4.70. The fraction of sp³-hybridized carbons (Fsp3) is 1.00. The number of aliphatic hydroxyl groups is 3. The number of hydrogen-bond donors (Lipinski definition) is 3. The van der Waals surface area contributed by atoms with Crippen molar-refractivity contribution in [3.05, 3.63) is 0 Å². The summed E-state index contributed by atoms with van der Waals surface area (Å²) in [5.41, 5.74) is 0. The molecule has 0 aliphatic carbocycles. The minimum Gasteiger partial charge on any atom is -0.390 e. The van der Waals surface area contributed by atoms with Crippen LogP contribution in [0.15, 0.2) is 0 Å². The molecule has 1 unspecified atom stereocenters. The molecule has 0 aromatic heterocycles. The summed E-state index contributed by atoms with van der Waals surface area (Å²) in [6.07, 6.45) is -2.23. The first kappa shape index (κ1) is 10.9. The lowest BCUT2D eigenvalue weighted by atomic mass is 9.96. The molecule has 1 saturated heterocycles. The van der Waals surface area contributed by atoms with Crippen molar-refractivity contribution in [2.75, 3.05) is 0 Å². The van der Waals surface area contributed by atoms with E-state index in [1.54, 1.807) is 0 Å². The van der Waals surface area contributed by atoms with Gasteiger partial charge in [0.15, 0.2) is 6.29 Å². The van der Waals surface area contributed by atoms with Gasteiger partial charge in [-0.2, -0.15) is 0 Å². The Bertz CT molecular complexity index is 148. The minimum atomic E-state index is -1.24. The minimum absolute atomic E-state index is 0.145. The maximum absolute atomic E-state index is 9.34. The normalized spacial score (nSPS) is 41.1. The van der Waals surface area contributed by atoms with Gasteiger partial charge in [0.05, 0.1) is 12.2 Å². The third kappa shape index (κ3) is 2.91. The van der Waals surface area contributed by atoms with E-state index in [0.717, 1.165) is 6.42 Å². The van der Waals surface area contributed by atoms with E-state index in [-0.39, 0.29) is 6.10 Å². The molecule has 4 heteroatoms. The predicted octanol–water partition coefficient (Wildman–Crippen LogP) is -0.138. The summed E-state index contributed by atoms with van der Waals surface area (Å²) in [6.45, 7) is 4.10. The molecule has 13 heavy (non-hydrogen) atoms. The van der Waals surface area contributed by atoms with Crippen LogP contribution in [0.3, 0.4) is 0 Å². The van der Waals surface area contributed by atoms with E-state index >= 15 is 0 Å². The van der Waals surface area contributed by atoms with Crippen molar-refractivity contribution in [2.45, 2.75) is 51.3 Å². The van der Waals surface area contributed by atoms with Gasteiger partial charge in [-0.1, -0.05) is 13.8 Å². The van der Waals surface area contributed by atoms with Gasteiger partial charge < -0.3 is 20.1 Å². The van der Waals surface area contributed by atoms with Gasteiger partial charge in [0, 0.05) is 6.42 Å². The van der Waals surface area contributed by atoms with Crippen molar-refractivity contribution in [3.8, 4) is 0 Å². The molecule has 4 nitrogen and oxygen atoms in total. The molecule has 78 valence electrons. The lowest BCUT2D eigenvalue weighted by molar-refractivity contribution is -0.249. The van der Waals surface area contributed by atoms with E-state index in [2.05, 4.69) is 0 Å². The Balaban J connectivity index is 2.44. The molecule has 4 atom stereocenters. The Kier molecular flexibility index (Phi) is 3.67. The van der Waals surface area contributed by atoms with Gasteiger partial charge in [-0.15, -0.1) is 0 Å². The Morgan fingerprint density at radius 3 is 2.38 bits per heavy atom. The third-order valence-electron chi connectivity index (χ3n) is 2.26. The zero-order valence-corrected chi connectivity index (χ0v) is 8.05. The molecule has 3 N–H and O–H groups in total. The van der Waals surface area contributed by atoms with Gasteiger partial charge >= 0.3 is 0 Å².